The zero-order chi connectivity index (χ0) is 29.6. The van der Waals surface area contributed by atoms with Crippen LogP contribution in [0.25, 0.3) is 0 Å². The van der Waals surface area contributed by atoms with Gasteiger partial charge in [-0.2, -0.15) is 0 Å². The maximum Gasteiger partial charge on any atom is 0.309 e. The second kappa shape index (κ2) is 17.3. The average molecular weight is 578 g/mol. The second-order valence-corrected chi connectivity index (χ2v) is 11.8. The molecule has 0 aliphatic rings. The Morgan fingerprint density at radius 2 is 1.39 bits per heavy atom. The SMILES string of the molecule is CCC(CC(CC(CC(C)c1ccc(CN(C)C)cc1)C(=O)OCCOC)c1ccccc1)c1ccc(CCl)cc1. The van der Waals surface area contributed by atoms with Gasteiger partial charge in [-0.15, -0.1) is 11.6 Å². The first-order valence-electron chi connectivity index (χ1n) is 14.9. The third-order valence-corrected chi connectivity index (χ3v) is 8.37. The molecule has 0 spiro atoms. The smallest absolute Gasteiger partial charge is 0.309 e. The molecule has 0 bridgehead atoms. The predicted octanol–water partition coefficient (Wildman–Crippen LogP) is 8.54. The lowest BCUT2D eigenvalue weighted by Crippen LogP contribution is -2.24. The first-order valence-corrected chi connectivity index (χ1v) is 15.5. The summed E-state index contributed by atoms with van der Waals surface area (Å²) in [6.07, 6.45) is 3.48. The minimum Gasteiger partial charge on any atom is -0.463 e. The quantitative estimate of drug-likeness (QED) is 0.0915. The van der Waals surface area contributed by atoms with Crippen LogP contribution in [0.15, 0.2) is 78.9 Å². The number of methoxy groups -OCH3 is 1. The van der Waals surface area contributed by atoms with Crippen LogP contribution in [-0.2, 0) is 26.7 Å². The second-order valence-electron chi connectivity index (χ2n) is 11.5. The Balaban J connectivity index is 1.85. The maximum absolute atomic E-state index is 13.5. The van der Waals surface area contributed by atoms with Gasteiger partial charge in [-0.25, -0.2) is 0 Å². The maximum atomic E-state index is 13.5. The summed E-state index contributed by atoms with van der Waals surface area (Å²) in [6, 6.07) is 28.2. The monoisotopic (exact) mass is 577 g/mol. The highest BCUT2D eigenvalue weighted by atomic mass is 35.5. The van der Waals surface area contributed by atoms with Gasteiger partial charge in [0.15, 0.2) is 0 Å². The van der Waals surface area contributed by atoms with Crippen molar-refractivity contribution in [2.24, 2.45) is 5.92 Å². The molecule has 222 valence electrons. The van der Waals surface area contributed by atoms with E-state index in [1.54, 1.807) is 7.11 Å². The van der Waals surface area contributed by atoms with Crippen molar-refractivity contribution >= 4 is 17.6 Å². The summed E-state index contributed by atoms with van der Waals surface area (Å²) < 4.78 is 10.9. The molecule has 3 aromatic carbocycles. The van der Waals surface area contributed by atoms with Crippen LogP contribution in [0.5, 0.6) is 0 Å². The molecular formula is C36H48ClNO3. The molecule has 5 heteroatoms. The minimum atomic E-state index is -0.218. The van der Waals surface area contributed by atoms with Gasteiger partial charge in [-0.05, 0) is 85.3 Å². The molecule has 0 fully saturated rings. The number of halogens is 1. The number of benzene rings is 3. The first-order chi connectivity index (χ1) is 19.8. The Bertz CT molecular complexity index is 1150. The molecule has 0 heterocycles. The van der Waals surface area contributed by atoms with Gasteiger partial charge in [-0.3, -0.25) is 4.79 Å². The lowest BCUT2D eigenvalue weighted by Gasteiger charge is -2.28. The molecule has 3 rings (SSSR count). The van der Waals surface area contributed by atoms with Crippen molar-refractivity contribution in [3.8, 4) is 0 Å². The van der Waals surface area contributed by atoms with Gasteiger partial charge in [0, 0.05) is 19.5 Å². The van der Waals surface area contributed by atoms with Crippen LogP contribution in [-0.4, -0.2) is 45.3 Å². The number of esters is 1. The molecule has 0 aliphatic carbocycles. The van der Waals surface area contributed by atoms with Gasteiger partial charge >= 0.3 is 5.97 Å². The Kier molecular flexibility index (Phi) is 13.9. The molecule has 3 aromatic rings. The normalized spacial score (nSPS) is 14.4. The van der Waals surface area contributed by atoms with Crippen molar-refractivity contribution < 1.29 is 14.3 Å². The summed E-state index contributed by atoms with van der Waals surface area (Å²) in [5, 5.41) is 0. The molecule has 4 atom stereocenters. The Morgan fingerprint density at radius 1 is 0.780 bits per heavy atom. The third kappa shape index (κ3) is 10.6. The molecular weight excluding hydrogens is 530 g/mol. The van der Waals surface area contributed by atoms with Crippen molar-refractivity contribution in [1.82, 2.24) is 4.90 Å². The number of carbonyl (C=O) groups is 1. The fourth-order valence-corrected chi connectivity index (χ4v) is 5.89. The van der Waals surface area contributed by atoms with Crippen molar-refractivity contribution in [3.63, 3.8) is 0 Å². The number of nitrogens with zero attached hydrogens (tertiary/aromatic N) is 1. The van der Waals surface area contributed by atoms with E-state index in [0.717, 1.165) is 37.8 Å². The molecule has 0 aliphatic heterocycles. The molecule has 0 radical (unpaired) electrons. The highest BCUT2D eigenvalue weighted by molar-refractivity contribution is 6.17. The van der Waals surface area contributed by atoms with Gasteiger partial charge in [0.05, 0.1) is 12.5 Å². The number of alkyl halides is 1. The van der Waals surface area contributed by atoms with Gasteiger partial charge in [0.2, 0.25) is 0 Å². The fourth-order valence-electron chi connectivity index (χ4n) is 5.71. The Hall–Kier alpha value is -2.66. The van der Waals surface area contributed by atoms with Crippen LogP contribution >= 0.6 is 11.6 Å². The van der Waals surface area contributed by atoms with E-state index in [4.69, 9.17) is 21.1 Å². The number of hydrogen-bond donors (Lipinski definition) is 0. The summed E-state index contributed by atoms with van der Waals surface area (Å²) >= 11 is 6.05. The van der Waals surface area contributed by atoms with Crippen LogP contribution in [0.3, 0.4) is 0 Å². The van der Waals surface area contributed by atoms with Gasteiger partial charge in [0.25, 0.3) is 0 Å². The van der Waals surface area contributed by atoms with Gasteiger partial charge in [-0.1, -0.05) is 92.7 Å². The van der Waals surface area contributed by atoms with E-state index in [2.05, 4.69) is 112 Å². The first kappa shape index (κ1) is 32.8. The molecule has 0 N–H and O–H groups in total. The summed E-state index contributed by atoms with van der Waals surface area (Å²) in [7, 11) is 5.79. The molecule has 4 nitrogen and oxygen atoms in total. The van der Waals surface area contributed by atoms with Gasteiger partial charge in [0.1, 0.15) is 6.61 Å². The number of rotatable bonds is 17. The largest absolute Gasteiger partial charge is 0.463 e. The topological polar surface area (TPSA) is 38.8 Å². The standard InChI is InChI=1S/C36H48ClNO3/c1-6-30(33-18-12-28(25-37)13-19-33)23-34(32-10-8-7-9-11-32)24-35(36(39)41-21-20-40-5)22-27(2)31-16-14-29(15-17-31)26-38(3)4/h7-19,27,30,34-35H,6,20-26H2,1-5H3. The summed E-state index contributed by atoms with van der Waals surface area (Å²) in [5.41, 5.74) is 6.28. The van der Waals surface area contributed by atoms with E-state index >= 15 is 0 Å². The van der Waals surface area contributed by atoms with Crippen molar-refractivity contribution in [3.05, 3.63) is 107 Å². The Morgan fingerprint density at radius 3 is 1.98 bits per heavy atom. The van der Waals surface area contributed by atoms with Crippen LogP contribution in [0.4, 0.5) is 0 Å². The summed E-state index contributed by atoms with van der Waals surface area (Å²) in [6.45, 7) is 6.07. The Labute approximate surface area is 253 Å². The summed E-state index contributed by atoms with van der Waals surface area (Å²) in [5.74, 6) is 1.01. The van der Waals surface area contributed by atoms with E-state index in [-0.39, 0.29) is 30.3 Å². The van der Waals surface area contributed by atoms with Crippen molar-refractivity contribution in [1.29, 1.82) is 0 Å². The number of carbonyl (C=O) groups excluding carboxylic acids is 1. The number of ether oxygens (including phenoxy) is 2. The molecule has 4 unspecified atom stereocenters. The third-order valence-electron chi connectivity index (χ3n) is 8.06. The van der Waals surface area contributed by atoms with E-state index in [1.165, 1.54) is 22.3 Å². The van der Waals surface area contributed by atoms with E-state index in [9.17, 15) is 4.79 Å². The lowest BCUT2D eigenvalue weighted by molar-refractivity contribution is -0.150. The van der Waals surface area contributed by atoms with Gasteiger partial charge < -0.3 is 14.4 Å². The highest BCUT2D eigenvalue weighted by Gasteiger charge is 2.29. The van der Waals surface area contributed by atoms with Crippen molar-refractivity contribution in [2.75, 3.05) is 34.4 Å². The van der Waals surface area contributed by atoms with Crippen LogP contribution in [0.2, 0.25) is 0 Å². The number of hydrogen-bond acceptors (Lipinski definition) is 4. The molecule has 41 heavy (non-hydrogen) atoms. The van der Waals surface area contributed by atoms with E-state index in [1.807, 2.05) is 0 Å². The van der Waals surface area contributed by atoms with Crippen molar-refractivity contribution in [2.45, 2.75) is 69.7 Å². The zero-order valence-corrected chi connectivity index (χ0v) is 26.3. The van der Waals surface area contributed by atoms with Crippen LogP contribution in [0.1, 0.15) is 85.1 Å². The van der Waals surface area contributed by atoms with E-state index < -0.39 is 0 Å². The van der Waals surface area contributed by atoms with E-state index in [0.29, 0.717) is 18.4 Å². The molecule has 0 saturated heterocycles. The lowest BCUT2D eigenvalue weighted by atomic mass is 9.77. The average Bonchev–Trinajstić information content (AvgIpc) is 2.99. The molecule has 0 amide bonds. The minimum absolute atomic E-state index is 0.126. The summed E-state index contributed by atoms with van der Waals surface area (Å²) in [4.78, 5) is 15.7. The predicted molar refractivity (Wildman–Crippen MR) is 171 cm³/mol. The molecule has 0 aromatic heterocycles. The van der Waals surface area contributed by atoms with Crippen LogP contribution in [0, 0.1) is 5.92 Å². The zero-order valence-electron chi connectivity index (χ0n) is 25.5. The fraction of sp³-hybridized carbons (Fsp3) is 0.472. The molecule has 0 saturated carbocycles. The highest BCUT2D eigenvalue weighted by Crippen LogP contribution is 2.39. The van der Waals surface area contributed by atoms with Crippen LogP contribution < -0.4 is 0 Å².